The van der Waals surface area contributed by atoms with Gasteiger partial charge in [-0.1, -0.05) is 13.8 Å². The van der Waals surface area contributed by atoms with Crippen molar-refractivity contribution in [1.29, 1.82) is 0 Å². The Bertz CT molecular complexity index is 97.1. The van der Waals surface area contributed by atoms with Crippen molar-refractivity contribution in [2.45, 2.75) is 33.3 Å². The Hall–Kier alpha value is -0.370. The number of carbonyl (C=O) groups is 1. The van der Waals surface area contributed by atoms with Crippen molar-refractivity contribution >= 4 is 5.78 Å². The third-order valence-corrected chi connectivity index (χ3v) is 1.51. The monoisotopic (exact) mass is 130 g/mol. The highest BCUT2D eigenvalue weighted by Crippen LogP contribution is 2.04. The first-order chi connectivity index (χ1) is 4.09. The van der Waals surface area contributed by atoms with Gasteiger partial charge in [-0.2, -0.15) is 0 Å². The summed E-state index contributed by atoms with van der Waals surface area (Å²) in [6, 6.07) is 0. The molecular formula is C7H14O2. The van der Waals surface area contributed by atoms with Gasteiger partial charge in [0.25, 0.3) is 0 Å². The Morgan fingerprint density at radius 1 is 1.56 bits per heavy atom. The highest BCUT2D eigenvalue weighted by atomic mass is 16.3. The zero-order valence-electron chi connectivity index (χ0n) is 6.22. The van der Waals surface area contributed by atoms with Crippen molar-refractivity contribution in [2.24, 2.45) is 5.92 Å². The molecule has 0 aromatic carbocycles. The number of Topliss-reactive ketones (excluding diaryl/α,β-unsaturated/α-hetero) is 1. The SMILES string of the molecule is CC[C@H](C)C(=O)C(C)O. The molecule has 1 unspecified atom stereocenters. The van der Waals surface area contributed by atoms with Gasteiger partial charge in [-0.3, -0.25) is 4.79 Å². The predicted octanol–water partition coefficient (Wildman–Crippen LogP) is 0.982. The van der Waals surface area contributed by atoms with E-state index in [1.54, 1.807) is 0 Å². The number of hydrogen-bond donors (Lipinski definition) is 1. The summed E-state index contributed by atoms with van der Waals surface area (Å²) in [5.74, 6) is -0.0532. The van der Waals surface area contributed by atoms with Crippen LogP contribution in [0.15, 0.2) is 0 Å². The van der Waals surface area contributed by atoms with Crippen LogP contribution in [0.25, 0.3) is 0 Å². The molecule has 0 aromatic rings. The van der Waals surface area contributed by atoms with E-state index in [-0.39, 0.29) is 11.7 Å². The summed E-state index contributed by atoms with van der Waals surface area (Å²) in [6.07, 6.45) is 0.0175. The van der Waals surface area contributed by atoms with Gasteiger partial charge < -0.3 is 5.11 Å². The van der Waals surface area contributed by atoms with Crippen molar-refractivity contribution in [2.75, 3.05) is 0 Å². The quantitative estimate of drug-likeness (QED) is 0.618. The van der Waals surface area contributed by atoms with E-state index in [4.69, 9.17) is 5.11 Å². The molecule has 2 heteroatoms. The van der Waals surface area contributed by atoms with Crippen LogP contribution in [0.1, 0.15) is 27.2 Å². The molecule has 1 N–H and O–H groups in total. The molecule has 0 aliphatic heterocycles. The van der Waals surface area contributed by atoms with Crippen molar-refractivity contribution in [3.63, 3.8) is 0 Å². The Balaban J connectivity index is 3.73. The van der Waals surface area contributed by atoms with Crippen LogP contribution in [0, 0.1) is 5.92 Å². The molecule has 0 spiro atoms. The molecule has 9 heavy (non-hydrogen) atoms. The standard InChI is InChI=1S/C7H14O2/c1-4-5(2)7(9)6(3)8/h5-6,8H,4H2,1-3H3/t5-,6?/m0/s1. The first kappa shape index (κ1) is 8.63. The molecule has 0 saturated carbocycles. The van der Waals surface area contributed by atoms with Gasteiger partial charge in [0, 0.05) is 5.92 Å². The van der Waals surface area contributed by atoms with Crippen LogP contribution in [-0.2, 0) is 4.79 Å². The number of carbonyl (C=O) groups excluding carboxylic acids is 1. The molecule has 0 saturated heterocycles. The lowest BCUT2D eigenvalue weighted by Gasteiger charge is -2.08. The number of rotatable bonds is 3. The fourth-order valence-corrected chi connectivity index (χ4v) is 0.613. The Labute approximate surface area is 55.9 Å². The van der Waals surface area contributed by atoms with Gasteiger partial charge >= 0.3 is 0 Å². The van der Waals surface area contributed by atoms with Crippen LogP contribution >= 0.6 is 0 Å². The minimum absolute atomic E-state index is 0.00463. The van der Waals surface area contributed by atoms with E-state index in [0.717, 1.165) is 6.42 Å². The van der Waals surface area contributed by atoms with Gasteiger partial charge in [0.2, 0.25) is 0 Å². The van der Waals surface area contributed by atoms with Gasteiger partial charge in [-0.25, -0.2) is 0 Å². The van der Waals surface area contributed by atoms with Crippen molar-refractivity contribution in [3.8, 4) is 0 Å². The van der Waals surface area contributed by atoms with E-state index >= 15 is 0 Å². The first-order valence-corrected chi connectivity index (χ1v) is 3.31. The van der Waals surface area contributed by atoms with Crippen LogP contribution in [0.4, 0.5) is 0 Å². The molecule has 0 radical (unpaired) electrons. The maximum atomic E-state index is 10.8. The maximum Gasteiger partial charge on any atom is 0.163 e. The minimum atomic E-state index is -0.792. The van der Waals surface area contributed by atoms with E-state index in [9.17, 15) is 4.79 Å². The molecule has 0 aliphatic carbocycles. The van der Waals surface area contributed by atoms with E-state index < -0.39 is 6.10 Å². The molecular weight excluding hydrogens is 116 g/mol. The summed E-state index contributed by atoms with van der Waals surface area (Å²) in [6.45, 7) is 5.27. The lowest BCUT2D eigenvalue weighted by atomic mass is 10.0. The topological polar surface area (TPSA) is 37.3 Å². The van der Waals surface area contributed by atoms with Gasteiger partial charge in [-0.05, 0) is 13.3 Å². The summed E-state index contributed by atoms with van der Waals surface area (Å²) in [5.41, 5.74) is 0. The summed E-state index contributed by atoms with van der Waals surface area (Å²) in [5, 5.41) is 8.77. The second-order valence-electron chi connectivity index (χ2n) is 2.39. The van der Waals surface area contributed by atoms with Crippen molar-refractivity contribution in [3.05, 3.63) is 0 Å². The molecule has 0 fully saturated rings. The van der Waals surface area contributed by atoms with E-state index in [1.165, 1.54) is 6.92 Å². The number of hydrogen-bond acceptors (Lipinski definition) is 2. The Morgan fingerprint density at radius 3 is 2.11 bits per heavy atom. The fourth-order valence-electron chi connectivity index (χ4n) is 0.613. The van der Waals surface area contributed by atoms with Crippen molar-refractivity contribution < 1.29 is 9.90 Å². The molecule has 0 aromatic heterocycles. The summed E-state index contributed by atoms with van der Waals surface area (Å²) in [7, 11) is 0. The summed E-state index contributed by atoms with van der Waals surface area (Å²) < 4.78 is 0. The lowest BCUT2D eigenvalue weighted by molar-refractivity contribution is -0.129. The normalized spacial score (nSPS) is 16.9. The lowest BCUT2D eigenvalue weighted by Crippen LogP contribution is -2.22. The number of ketones is 1. The van der Waals surface area contributed by atoms with Gasteiger partial charge in [-0.15, -0.1) is 0 Å². The van der Waals surface area contributed by atoms with Gasteiger partial charge in [0.05, 0.1) is 0 Å². The summed E-state index contributed by atoms with van der Waals surface area (Å²) >= 11 is 0. The smallest absolute Gasteiger partial charge is 0.163 e. The van der Waals surface area contributed by atoms with Gasteiger partial charge in [0.15, 0.2) is 5.78 Å². The fraction of sp³-hybridized carbons (Fsp3) is 0.857. The summed E-state index contributed by atoms with van der Waals surface area (Å²) in [4.78, 5) is 10.8. The van der Waals surface area contributed by atoms with E-state index in [0.29, 0.717) is 0 Å². The van der Waals surface area contributed by atoms with Crippen LogP contribution in [0.3, 0.4) is 0 Å². The number of aliphatic hydroxyl groups excluding tert-OH is 1. The van der Waals surface area contributed by atoms with E-state index in [2.05, 4.69) is 0 Å². The molecule has 0 heterocycles. The molecule has 54 valence electrons. The minimum Gasteiger partial charge on any atom is -0.386 e. The van der Waals surface area contributed by atoms with Crippen LogP contribution in [0.5, 0.6) is 0 Å². The molecule has 0 bridgehead atoms. The average Bonchev–Trinajstić information content (AvgIpc) is 1.84. The second-order valence-corrected chi connectivity index (χ2v) is 2.39. The third-order valence-electron chi connectivity index (χ3n) is 1.51. The highest BCUT2D eigenvalue weighted by molar-refractivity contribution is 5.84. The zero-order chi connectivity index (χ0) is 7.44. The van der Waals surface area contributed by atoms with Gasteiger partial charge in [0.1, 0.15) is 6.10 Å². The molecule has 0 rings (SSSR count). The largest absolute Gasteiger partial charge is 0.386 e. The first-order valence-electron chi connectivity index (χ1n) is 3.31. The van der Waals surface area contributed by atoms with E-state index in [1.807, 2.05) is 13.8 Å². The number of aliphatic hydroxyl groups is 1. The van der Waals surface area contributed by atoms with Crippen LogP contribution in [-0.4, -0.2) is 17.0 Å². The molecule has 2 nitrogen and oxygen atoms in total. The second kappa shape index (κ2) is 3.62. The molecule has 0 aliphatic rings. The van der Waals surface area contributed by atoms with Crippen molar-refractivity contribution in [1.82, 2.24) is 0 Å². The Kier molecular flexibility index (Phi) is 3.47. The van der Waals surface area contributed by atoms with Crippen LogP contribution < -0.4 is 0 Å². The average molecular weight is 130 g/mol. The predicted molar refractivity (Wildman–Crippen MR) is 36.1 cm³/mol. The van der Waals surface area contributed by atoms with Crippen LogP contribution in [0.2, 0.25) is 0 Å². The maximum absolute atomic E-state index is 10.8. The molecule has 2 atom stereocenters. The molecule has 0 amide bonds. The third kappa shape index (κ3) is 2.61. The Morgan fingerprint density at radius 2 is 2.00 bits per heavy atom. The zero-order valence-corrected chi connectivity index (χ0v) is 6.22. The highest BCUT2D eigenvalue weighted by Gasteiger charge is 2.14.